The molecule has 10 heavy (non-hydrogen) atoms. The van der Waals surface area contributed by atoms with Gasteiger partial charge in [-0.15, -0.1) is 8.78 Å². The first-order valence-electron chi connectivity index (χ1n) is 1.99. The summed E-state index contributed by atoms with van der Waals surface area (Å²) >= 11 is 0. The van der Waals surface area contributed by atoms with Crippen molar-refractivity contribution < 1.29 is 32.1 Å². The molecule has 0 aromatic rings. The van der Waals surface area contributed by atoms with Crippen molar-refractivity contribution in [3.8, 4) is 0 Å². The van der Waals surface area contributed by atoms with E-state index in [0.717, 1.165) is 0 Å². The Morgan fingerprint density at radius 2 is 1.90 bits per heavy atom. The van der Waals surface area contributed by atoms with Gasteiger partial charge < -0.3 is 9.47 Å². The smallest absolute Gasteiger partial charge is 0.366 e. The van der Waals surface area contributed by atoms with Gasteiger partial charge in [-0.2, -0.15) is 4.39 Å². The highest BCUT2D eigenvalue weighted by Gasteiger charge is 2.47. The molecule has 0 bridgehead atoms. The predicted molar refractivity (Wildman–Crippen MR) is 17.4 cm³/mol. The van der Waals surface area contributed by atoms with Gasteiger partial charge in [0.15, 0.2) is 0 Å². The minimum atomic E-state index is -4.18. The Balaban J connectivity index is 2.68. The molecule has 0 fully saturated rings. The maximum atomic E-state index is 11.8. The lowest BCUT2D eigenvalue weighted by Crippen LogP contribution is -2.16. The van der Waals surface area contributed by atoms with Crippen LogP contribution in [0.3, 0.4) is 0 Å². The van der Waals surface area contributed by atoms with Crippen LogP contribution in [0, 0.1) is 0 Å². The zero-order valence-corrected chi connectivity index (χ0v) is 4.24. The molecule has 1 rings (SSSR count). The lowest BCUT2D eigenvalue weighted by atomic mass is 10.9. The predicted octanol–water partition coefficient (Wildman–Crippen LogP) is 1.58. The van der Waals surface area contributed by atoms with Crippen LogP contribution in [0.2, 0.25) is 0 Å². The fourth-order valence-corrected chi connectivity index (χ4v) is 0.361. The molecule has 3 nitrogen and oxygen atoms in total. The van der Waals surface area contributed by atoms with E-state index in [-0.39, 0.29) is 0 Å². The van der Waals surface area contributed by atoms with Crippen LogP contribution in [0.4, 0.5) is 17.7 Å². The van der Waals surface area contributed by atoms with E-state index in [1.807, 2.05) is 0 Å². The molecule has 0 atom stereocenters. The third-order valence-corrected chi connectivity index (χ3v) is 0.650. The van der Waals surface area contributed by atoms with Gasteiger partial charge in [-0.05, 0) is 0 Å². The van der Waals surface area contributed by atoms with Crippen molar-refractivity contribution >= 4 is 0 Å². The summed E-state index contributed by atoms with van der Waals surface area (Å²) in [6.07, 6.45) is -4.18. The Morgan fingerprint density at radius 3 is 2.10 bits per heavy atom. The van der Waals surface area contributed by atoms with Crippen LogP contribution < -0.4 is 0 Å². The van der Waals surface area contributed by atoms with Crippen LogP contribution in [0.25, 0.3) is 0 Å². The lowest BCUT2D eigenvalue weighted by Gasteiger charge is -2.03. The first kappa shape index (κ1) is 6.97. The molecule has 58 valence electrons. The van der Waals surface area contributed by atoms with Crippen molar-refractivity contribution in [2.45, 2.75) is 6.29 Å². The standard InChI is InChI=1S/C3F4O3/c4-1-2(10-7)9-3(5,6)8-1. The molecule has 0 radical (unpaired) electrons. The van der Waals surface area contributed by atoms with Crippen LogP contribution in [0.15, 0.2) is 12.0 Å². The summed E-state index contributed by atoms with van der Waals surface area (Å²) in [6, 6.07) is -1.92. The number of ether oxygens (including phenoxy) is 2. The van der Waals surface area contributed by atoms with Gasteiger partial charge in [-0.3, -0.25) is 0 Å². The Morgan fingerprint density at radius 1 is 1.30 bits per heavy atom. The molecular weight excluding hydrogens is 160 g/mol. The normalized spacial score (nSPS) is 22.0. The average molecular weight is 160 g/mol. The minimum Gasteiger partial charge on any atom is -0.366 e. The summed E-state index contributed by atoms with van der Waals surface area (Å²) < 4.78 is 52.3. The van der Waals surface area contributed by atoms with Gasteiger partial charge in [0.05, 0.1) is 0 Å². The summed E-state index contributed by atoms with van der Waals surface area (Å²) in [4.78, 5) is 2.54. The first-order chi connectivity index (χ1) is 4.55. The number of hydrogen-bond acceptors (Lipinski definition) is 3. The number of halogens is 4. The van der Waals surface area contributed by atoms with Crippen LogP contribution in [0.5, 0.6) is 0 Å². The summed E-state index contributed by atoms with van der Waals surface area (Å²) in [7, 11) is 0. The first-order valence-corrected chi connectivity index (χ1v) is 1.99. The molecule has 0 spiro atoms. The van der Waals surface area contributed by atoms with Crippen LogP contribution >= 0.6 is 0 Å². The molecule has 1 heterocycles. The van der Waals surface area contributed by atoms with Crippen molar-refractivity contribution in [3.05, 3.63) is 12.0 Å². The van der Waals surface area contributed by atoms with Gasteiger partial charge in [0, 0.05) is 4.53 Å². The van der Waals surface area contributed by atoms with Crippen molar-refractivity contribution in [1.82, 2.24) is 0 Å². The molecular formula is C3F4O3. The summed E-state index contributed by atoms with van der Waals surface area (Å²) in [5.41, 5.74) is 0. The summed E-state index contributed by atoms with van der Waals surface area (Å²) in [5.74, 6) is -1.61. The molecule has 0 saturated carbocycles. The molecule has 1 aliphatic heterocycles. The molecule has 0 saturated heterocycles. The molecule has 0 aromatic heterocycles. The van der Waals surface area contributed by atoms with Crippen LogP contribution in [-0.4, -0.2) is 6.29 Å². The monoisotopic (exact) mass is 160 g/mol. The Kier molecular flexibility index (Phi) is 1.34. The largest absolute Gasteiger partial charge is 0.590 e. The molecule has 1 aliphatic rings. The molecule has 0 N–H and O–H groups in total. The van der Waals surface area contributed by atoms with Crippen molar-refractivity contribution in [2.24, 2.45) is 0 Å². The summed E-state index contributed by atoms with van der Waals surface area (Å²) in [6.45, 7) is 0. The zero-order valence-electron chi connectivity index (χ0n) is 4.24. The number of alkyl halides is 2. The molecule has 7 heteroatoms. The van der Waals surface area contributed by atoms with E-state index in [9.17, 15) is 17.7 Å². The lowest BCUT2D eigenvalue weighted by molar-refractivity contribution is -0.357. The molecule has 0 aromatic carbocycles. The number of hydrogen-bond donors (Lipinski definition) is 0. The van der Waals surface area contributed by atoms with E-state index in [1.54, 1.807) is 0 Å². The summed E-state index contributed by atoms with van der Waals surface area (Å²) in [5, 5.41) is 0. The van der Waals surface area contributed by atoms with E-state index in [0.29, 0.717) is 0 Å². The third kappa shape index (κ3) is 1.07. The van der Waals surface area contributed by atoms with Gasteiger partial charge in [-0.1, -0.05) is 0 Å². The second-order valence-corrected chi connectivity index (χ2v) is 1.31. The van der Waals surface area contributed by atoms with E-state index in [1.165, 1.54) is 0 Å². The highest BCUT2D eigenvalue weighted by molar-refractivity contribution is 4.89. The second-order valence-electron chi connectivity index (χ2n) is 1.31. The maximum Gasteiger partial charge on any atom is 0.590 e. The van der Waals surface area contributed by atoms with Crippen LogP contribution in [-0.2, 0) is 14.4 Å². The fraction of sp³-hybridized carbons (Fsp3) is 0.333. The average Bonchev–Trinajstić information content (AvgIpc) is 2.05. The van der Waals surface area contributed by atoms with E-state index in [4.69, 9.17) is 0 Å². The minimum absolute atomic E-state index is 1.61. The van der Waals surface area contributed by atoms with Gasteiger partial charge in [0.2, 0.25) is 0 Å². The third-order valence-electron chi connectivity index (χ3n) is 0.650. The molecule has 0 aliphatic carbocycles. The van der Waals surface area contributed by atoms with E-state index in [2.05, 4.69) is 14.4 Å². The van der Waals surface area contributed by atoms with Gasteiger partial charge in [0.25, 0.3) is 0 Å². The van der Waals surface area contributed by atoms with E-state index < -0.39 is 18.3 Å². The second kappa shape index (κ2) is 1.93. The quantitative estimate of drug-likeness (QED) is 0.545. The van der Waals surface area contributed by atoms with Crippen molar-refractivity contribution in [1.29, 1.82) is 0 Å². The maximum absolute atomic E-state index is 11.8. The van der Waals surface area contributed by atoms with Crippen molar-refractivity contribution in [2.75, 3.05) is 0 Å². The fourth-order valence-electron chi connectivity index (χ4n) is 0.361. The zero-order chi connectivity index (χ0) is 7.78. The van der Waals surface area contributed by atoms with Crippen molar-refractivity contribution in [3.63, 3.8) is 0 Å². The topological polar surface area (TPSA) is 27.7 Å². The molecule has 0 amide bonds. The highest BCUT2D eigenvalue weighted by atomic mass is 19.3. The van der Waals surface area contributed by atoms with Gasteiger partial charge in [-0.25, -0.2) is 4.94 Å². The highest BCUT2D eigenvalue weighted by Crippen LogP contribution is 2.34. The Labute approximate surface area is 51.7 Å². The SMILES string of the molecule is FOC1=C(F)OC(F)(F)O1. The Bertz CT molecular complexity index is 177. The van der Waals surface area contributed by atoms with Gasteiger partial charge >= 0.3 is 18.3 Å². The number of rotatable bonds is 1. The van der Waals surface area contributed by atoms with E-state index >= 15 is 0 Å². The van der Waals surface area contributed by atoms with Gasteiger partial charge in [0.1, 0.15) is 0 Å². The molecule has 0 unspecified atom stereocenters. The van der Waals surface area contributed by atoms with Crippen LogP contribution in [0.1, 0.15) is 0 Å². The Hall–Kier alpha value is -1.14.